The fraction of sp³-hybridized carbons (Fsp3) is 0.786. The lowest BCUT2D eigenvalue weighted by molar-refractivity contribution is 0.312. The Morgan fingerprint density at radius 3 is 2.38 bits per heavy atom. The van der Waals surface area contributed by atoms with E-state index >= 15 is 0 Å². The Morgan fingerprint density at radius 2 is 1.86 bits per heavy atom. The van der Waals surface area contributed by atoms with Gasteiger partial charge in [-0.25, -0.2) is 0 Å². The van der Waals surface area contributed by atoms with E-state index < -0.39 is 0 Å². The van der Waals surface area contributed by atoms with Crippen LogP contribution >= 0.6 is 11.8 Å². The molecule has 1 aromatic heterocycles. The summed E-state index contributed by atoms with van der Waals surface area (Å²) in [5.74, 6) is 1.16. The minimum absolute atomic E-state index is 0.343. The van der Waals surface area contributed by atoms with Crippen molar-refractivity contribution in [3.63, 3.8) is 0 Å². The van der Waals surface area contributed by atoms with Crippen LogP contribution in [0.3, 0.4) is 0 Å². The Balaban J connectivity index is 2.03. The summed E-state index contributed by atoms with van der Waals surface area (Å²) < 4.78 is 5.76. The highest BCUT2D eigenvalue weighted by Crippen LogP contribution is 2.42. The first-order valence-electron chi connectivity index (χ1n) is 7.63. The van der Waals surface area contributed by atoms with Crippen LogP contribution in [-0.2, 0) is 0 Å². The minimum atomic E-state index is 0.343. The van der Waals surface area contributed by atoms with Crippen molar-refractivity contribution < 1.29 is 4.74 Å². The number of nitrogens with one attached hydrogen (secondary N) is 2. The van der Waals surface area contributed by atoms with Crippen molar-refractivity contribution in [2.24, 2.45) is 0 Å². The molecule has 1 saturated carbocycles. The maximum atomic E-state index is 5.42. The lowest BCUT2D eigenvalue weighted by Gasteiger charge is -2.40. The topological polar surface area (TPSA) is 72.0 Å². The molecule has 0 aromatic carbocycles. The number of rotatable bonds is 9. The maximum Gasteiger partial charge on any atom is 0.323 e. The van der Waals surface area contributed by atoms with E-state index in [2.05, 4.69) is 38.8 Å². The second-order valence-electron chi connectivity index (χ2n) is 5.22. The molecule has 1 aromatic rings. The number of hydrogen-bond donors (Lipinski definition) is 2. The molecule has 0 amide bonds. The van der Waals surface area contributed by atoms with Crippen LogP contribution in [0.25, 0.3) is 0 Å². The molecular weight excluding hydrogens is 286 g/mol. The van der Waals surface area contributed by atoms with Crippen molar-refractivity contribution in [2.75, 3.05) is 36.6 Å². The zero-order valence-corrected chi connectivity index (χ0v) is 13.9. The van der Waals surface area contributed by atoms with E-state index in [1.165, 1.54) is 19.3 Å². The van der Waals surface area contributed by atoms with E-state index in [0.717, 1.165) is 19.5 Å². The van der Waals surface area contributed by atoms with Gasteiger partial charge in [-0.2, -0.15) is 26.7 Å². The van der Waals surface area contributed by atoms with Crippen molar-refractivity contribution in [1.82, 2.24) is 15.0 Å². The Hall–Kier alpha value is -1.24. The van der Waals surface area contributed by atoms with E-state index in [4.69, 9.17) is 4.74 Å². The lowest BCUT2D eigenvalue weighted by Crippen LogP contribution is -2.40. The molecule has 2 rings (SSSR count). The second kappa shape index (κ2) is 7.68. The average Bonchev–Trinajstić information content (AvgIpc) is 2.45. The molecule has 0 aliphatic heterocycles. The lowest BCUT2D eigenvalue weighted by atomic mass is 9.84. The molecule has 2 N–H and O–H groups in total. The number of aromatic nitrogens is 3. The fourth-order valence-corrected chi connectivity index (χ4v) is 3.12. The molecular formula is C14H25N5OS. The first-order valence-corrected chi connectivity index (χ1v) is 8.85. The molecule has 7 heteroatoms. The summed E-state index contributed by atoms with van der Waals surface area (Å²) in [5, 5.41) is 6.54. The SMILES string of the molecule is CCCNc1nc(NCC2(SC)CCC2)nc(OCC)n1. The number of thioether (sulfide) groups is 1. The summed E-state index contributed by atoms with van der Waals surface area (Å²) in [5.41, 5.74) is 0. The van der Waals surface area contributed by atoms with E-state index in [1.807, 2.05) is 18.7 Å². The summed E-state index contributed by atoms with van der Waals surface area (Å²) in [4.78, 5) is 13.0. The number of ether oxygens (including phenoxy) is 1. The van der Waals surface area contributed by atoms with Gasteiger partial charge in [-0.15, -0.1) is 0 Å². The molecule has 0 atom stereocenters. The molecule has 0 spiro atoms. The van der Waals surface area contributed by atoms with Crippen molar-refractivity contribution in [3.05, 3.63) is 0 Å². The molecule has 0 bridgehead atoms. The van der Waals surface area contributed by atoms with Gasteiger partial charge in [0.15, 0.2) is 0 Å². The standard InChI is InChI=1S/C14H25N5OS/c1-4-9-15-11-17-12(19-13(18-11)20-5-2)16-10-14(21-3)7-6-8-14/h4-10H2,1-3H3,(H2,15,16,17,18,19). The van der Waals surface area contributed by atoms with Gasteiger partial charge in [0.2, 0.25) is 11.9 Å². The van der Waals surface area contributed by atoms with Crippen molar-refractivity contribution >= 4 is 23.7 Å². The van der Waals surface area contributed by atoms with E-state index in [1.54, 1.807) is 0 Å². The monoisotopic (exact) mass is 311 g/mol. The summed E-state index contributed by atoms with van der Waals surface area (Å²) >= 11 is 1.93. The Bertz CT molecular complexity index is 447. The van der Waals surface area contributed by atoms with Crippen molar-refractivity contribution in [1.29, 1.82) is 0 Å². The van der Waals surface area contributed by atoms with Gasteiger partial charge in [-0.3, -0.25) is 0 Å². The maximum absolute atomic E-state index is 5.42. The summed E-state index contributed by atoms with van der Waals surface area (Å²) in [7, 11) is 0. The second-order valence-corrected chi connectivity index (χ2v) is 6.49. The van der Waals surface area contributed by atoms with Gasteiger partial charge in [0.05, 0.1) is 6.61 Å². The largest absolute Gasteiger partial charge is 0.464 e. The Morgan fingerprint density at radius 1 is 1.14 bits per heavy atom. The fourth-order valence-electron chi connectivity index (χ4n) is 2.21. The van der Waals surface area contributed by atoms with E-state index in [-0.39, 0.29) is 0 Å². The molecule has 0 unspecified atom stereocenters. The van der Waals surface area contributed by atoms with Crippen LogP contribution in [0.2, 0.25) is 0 Å². The third-order valence-corrected chi connectivity index (χ3v) is 5.11. The molecule has 1 fully saturated rings. The summed E-state index contributed by atoms with van der Waals surface area (Å²) in [6.07, 6.45) is 7.02. The molecule has 1 aliphatic carbocycles. The number of anilines is 2. The van der Waals surface area contributed by atoms with Crippen LogP contribution in [0.15, 0.2) is 0 Å². The van der Waals surface area contributed by atoms with Gasteiger partial charge in [0.1, 0.15) is 0 Å². The smallest absolute Gasteiger partial charge is 0.323 e. The Labute approximate surface area is 130 Å². The predicted octanol–water partition coefficient (Wildman–Crippen LogP) is 2.79. The zero-order valence-electron chi connectivity index (χ0n) is 13.1. The molecule has 0 radical (unpaired) electrons. The highest BCUT2D eigenvalue weighted by molar-refractivity contribution is 8.00. The quantitative estimate of drug-likeness (QED) is 0.726. The van der Waals surface area contributed by atoms with Crippen LogP contribution in [-0.4, -0.2) is 45.7 Å². The number of nitrogens with zero attached hydrogens (tertiary/aromatic N) is 3. The van der Waals surface area contributed by atoms with Gasteiger partial charge in [0.25, 0.3) is 0 Å². The third kappa shape index (κ3) is 4.36. The van der Waals surface area contributed by atoms with Gasteiger partial charge in [-0.05, 0) is 32.4 Å². The van der Waals surface area contributed by atoms with Gasteiger partial charge in [0, 0.05) is 17.8 Å². The van der Waals surface area contributed by atoms with Crippen molar-refractivity contribution in [2.45, 2.75) is 44.3 Å². The van der Waals surface area contributed by atoms with Crippen LogP contribution in [0.4, 0.5) is 11.9 Å². The minimum Gasteiger partial charge on any atom is -0.464 e. The molecule has 21 heavy (non-hydrogen) atoms. The van der Waals surface area contributed by atoms with Crippen molar-refractivity contribution in [3.8, 4) is 6.01 Å². The number of hydrogen-bond acceptors (Lipinski definition) is 7. The molecule has 0 saturated heterocycles. The molecule has 118 valence electrons. The van der Waals surface area contributed by atoms with Gasteiger partial charge in [-0.1, -0.05) is 13.3 Å². The summed E-state index contributed by atoms with van der Waals surface area (Å²) in [6, 6.07) is 0.375. The highest BCUT2D eigenvalue weighted by Gasteiger charge is 2.36. The van der Waals surface area contributed by atoms with Crippen LogP contribution < -0.4 is 15.4 Å². The first kappa shape index (κ1) is 16.1. The average molecular weight is 311 g/mol. The van der Waals surface area contributed by atoms with E-state index in [0.29, 0.717) is 29.3 Å². The molecule has 6 nitrogen and oxygen atoms in total. The van der Waals surface area contributed by atoms with Gasteiger partial charge >= 0.3 is 6.01 Å². The third-order valence-electron chi connectivity index (χ3n) is 3.69. The normalized spacial score (nSPS) is 16.1. The van der Waals surface area contributed by atoms with Gasteiger partial charge < -0.3 is 15.4 Å². The van der Waals surface area contributed by atoms with Crippen LogP contribution in [0.5, 0.6) is 6.01 Å². The van der Waals surface area contributed by atoms with E-state index in [9.17, 15) is 0 Å². The highest BCUT2D eigenvalue weighted by atomic mass is 32.2. The molecule has 1 aliphatic rings. The van der Waals surface area contributed by atoms with Crippen LogP contribution in [0.1, 0.15) is 39.5 Å². The zero-order chi connectivity index (χ0) is 15.1. The molecule has 1 heterocycles. The Kier molecular flexibility index (Phi) is 5.90. The first-order chi connectivity index (χ1) is 10.2. The van der Waals surface area contributed by atoms with Crippen LogP contribution in [0, 0.1) is 0 Å². The summed E-state index contributed by atoms with van der Waals surface area (Å²) in [6.45, 7) is 6.30. The predicted molar refractivity (Wildman–Crippen MR) is 88.4 cm³/mol.